The molecule has 0 bridgehead atoms. The lowest BCUT2D eigenvalue weighted by Crippen LogP contribution is -2.13. The molecule has 0 radical (unpaired) electrons. The van der Waals surface area contributed by atoms with Crippen LogP contribution in [0, 0.1) is 0 Å². The number of rotatable bonds is 3. The molecule has 0 atom stereocenters. The molecule has 0 aliphatic carbocycles. The standard InChI is InChI=1S/C18H12Cl2N2O/c19-13-9-12(10-14(20)11-13)16-7-4-8-17(22-16)18(23)21-15-5-2-1-3-6-15/h1-11H,(H,21,23). The average molecular weight is 343 g/mol. The molecule has 23 heavy (non-hydrogen) atoms. The van der Waals surface area contributed by atoms with E-state index in [4.69, 9.17) is 23.2 Å². The lowest BCUT2D eigenvalue weighted by Gasteiger charge is -2.07. The summed E-state index contributed by atoms with van der Waals surface area (Å²) in [5.41, 5.74) is 2.44. The molecular formula is C18H12Cl2N2O. The van der Waals surface area contributed by atoms with Crippen LogP contribution in [0.2, 0.25) is 10.0 Å². The number of hydrogen-bond acceptors (Lipinski definition) is 2. The van der Waals surface area contributed by atoms with Crippen LogP contribution in [0.3, 0.4) is 0 Å². The second-order valence-corrected chi connectivity index (χ2v) is 5.76. The van der Waals surface area contributed by atoms with E-state index in [1.807, 2.05) is 30.3 Å². The van der Waals surface area contributed by atoms with Crippen molar-refractivity contribution in [2.75, 3.05) is 5.32 Å². The highest BCUT2D eigenvalue weighted by Crippen LogP contribution is 2.26. The van der Waals surface area contributed by atoms with Gasteiger partial charge in [0.25, 0.3) is 5.91 Å². The van der Waals surface area contributed by atoms with E-state index in [1.54, 1.807) is 36.4 Å². The predicted molar refractivity (Wildman–Crippen MR) is 94.1 cm³/mol. The molecule has 1 aromatic heterocycles. The van der Waals surface area contributed by atoms with E-state index in [0.717, 1.165) is 11.3 Å². The number of aromatic nitrogens is 1. The van der Waals surface area contributed by atoms with E-state index in [-0.39, 0.29) is 5.91 Å². The number of pyridine rings is 1. The van der Waals surface area contributed by atoms with Crippen LogP contribution < -0.4 is 5.32 Å². The lowest BCUT2D eigenvalue weighted by molar-refractivity contribution is 0.102. The molecule has 3 aromatic rings. The van der Waals surface area contributed by atoms with Gasteiger partial charge < -0.3 is 5.32 Å². The van der Waals surface area contributed by atoms with E-state index >= 15 is 0 Å². The maximum Gasteiger partial charge on any atom is 0.274 e. The van der Waals surface area contributed by atoms with Gasteiger partial charge in [0.2, 0.25) is 0 Å². The molecule has 0 aliphatic heterocycles. The minimum atomic E-state index is -0.272. The second-order valence-electron chi connectivity index (χ2n) is 4.89. The van der Waals surface area contributed by atoms with Crippen LogP contribution in [0.1, 0.15) is 10.5 Å². The molecule has 3 nitrogen and oxygen atoms in total. The molecule has 5 heteroatoms. The topological polar surface area (TPSA) is 42.0 Å². The number of amides is 1. The van der Waals surface area contributed by atoms with E-state index in [9.17, 15) is 4.79 Å². The maximum atomic E-state index is 12.3. The number of nitrogens with zero attached hydrogens (tertiary/aromatic N) is 1. The molecule has 114 valence electrons. The Morgan fingerprint density at radius 2 is 1.57 bits per heavy atom. The third-order valence-electron chi connectivity index (χ3n) is 3.17. The first-order chi connectivity index (χ1) is 11.1. The van der Waals surface area contributed by atoms with Gasteiger partial charge in [0.15, 0.2) is 0 Å². The minimum Gasteiger partial charge on any atom is -0.321 e. The first kappa shape index (κ1) is 15.5. The summed E-state index contributed by atoms with van der Waals surface area (Å²) in [5.74, 6) is -0.272. The molecule has 1 amide bonds. The Labute approximate surface area is 143 Å². The van der Waals surface area contributed by atoms with Crippen LogP contribution in [0.15, 0.2) is 66.7 Å². The van der Waals surface area contributed by atoms with Crippen molar-refractivity contribution < 1.29 is 4.79 Å². The summed E-state index contributed by atoms with van der Waals surface area (Å²) in [6.07, 6.45) is 0. The van der Waals surface area contributed by atoms with Gasteiger partial charge in [0.05, 0.1) is 5.69 Å². The number of carbonyl (C=O) groups excluding carboxylic acids is 1. The number of benzene rings is 2. The highest BCUT2D eigenvalue weighted by Gasteiger charge is 2.10. The Hall–Kier alpha value is -2.36. The summed E-state index contributed by atoms with van der Waals surface area (Å²) in [4.78, 5) is 16.7. The Bertz CT molecular complexity index is 830. The molecule has 1 N–H and O–H groups in total. The molecule has 0 saturated carbocycles. The van der Waals surface area contributed by atoms with Gasteiger partial charge in [-0.05, 0) is 42.5 Å². The van der Waals surface area contributed by atoms with Crippen molar-refractivity contribution in [3.63, 3.8) is 0 Å². The molecule has 0 saturated heterocycles. The number of anilines is 1. The molecule has 1 heterocycles. The zero-order valence-electron chi connectivity index (χ0n) is 12.0. The fraction of sp³-hybridized carbons (Fsp3) is 0. The zero-order valence-corrected chi connectivity index (χ0v) is 13.5. The van der Waals surface area contributed by atoms with Crippen molar-refractivity contribution in [2.24, 2.45) is 0 Å². The van der Waals surface area contributed by atoms with Crippen LogP contribution in [0.25, 0.3) is 11.3 Å². The molecule has 0 unspecified atom stereocenters. The minimum absolute atomic E-state index is 0.272. The fourth-order valence-electron chi connectivity index (χ4n) is 2.14. The quantitative estimate of drug-likeness (QED) is 0.700. The van der Waals surface area contributed by atoms with E-state index in [1.165, 1.54) is 0 Å². The number of nitrogens with one attached hydrogen (secondary N) is 1. The van der Waals surface area contributed by atoms with Crippen LogP contribution in [-0.2, 0) is 0 Å². The molecule has 3 rings (SSSR count). The highest BCUT2D eigenvalue weighted by atomic mass is 35.5. The fourth-order valence-corrected chi connectivity index (χ4v) is 2.67. The summed E-state index contributed by atoms with van der Waals surface area (Å²) in [6, 6.07) is 19.6. The van der Waals surface area contributed by atoms with Gasteiger partial charge in [-0.3, -0.25) is 4.79 Å². The van der Waals surface area contributed by atoms with Crippen molar-refractivity contribution in [2.45, 2.75) is 0 Å². The van der Waals surface area contributed by atoms with Gasteiger partial charge in [0.1, 0.15) is 5.69 Å². The first-order valence-electron chi connectivity index (χ1n) is 6.92. The van der Waals surface area contributed by atoms with E-state index in [2.05, 4.69) is 10.3 Å². The van der Waals surface area contributed by atoms with Crippen LogP contribution in [0.5, 0.6) is 0 Å². The van der Waals surface area contributed by atoms with Gasteiger partial charge in [-0.2, -0.15) is 0 Å². The summed E-state index contributed by atoms with van der Waals surface area (Å²) >= 11 is 12.0. The van der Waals surface area contributed by atoms with E-state index < -0.39 is 0 Å². The average Bonchev–Trinajstić information content (AvgIpc) is 2.55. The lowest BCUT2D eigenvalue weighted by atomic mass is 10.1. The number of hydrogen-bond donors (Lipinski definition) is 1. The Morgan fingerprint density at radius 1 is 0.870 bits per heavy atom. The Balaban J connectivity index is 1.89. The van der Waals surface area contributed by atoms with Gasteiger partial charge >= 0.3 is 0 Å². The van der Waals surface area contributed by atoms with Crippen LogP contribution in [0.4, 0.5) is 5.69 Å². The third kappa shape index (κ3) is 3.89. The van der Waals surface area contributed by atoms with Crippen molar-refractivity contribution in [3.05, 3.63) is 82.5 Å². The molecule has 0 fully saturated rings. The van der Waals surface area contributed by atoms with Crippen molar-refractivity contribution in [1.82, 2.24) is 4.98 Å². The van der Waals surface area contributed by atoms with Gasteiger partial charge in [0, 0.05) is 21.3 Å². The molecule has 2 aromatic carbocycles. The van der Waals surface area contributed by atoms with E-state index in [0.29, 0.717) is 21.4 Å². The van der Waals surface area contributed by atoms with Gasteiger partial charge in [-0.25, -0.2) is 4.98 Å². The highest BCUT2D eigenvalue weighted by molar-refractivity contribution is 6.35. The predicted octanol–water partition coefficient (Wildman–Crippen LogP) is 5.31. The van der Waals surface area contributed by atoms with Crippen molar-refractivity contribution in [3.8, 4) is 11.3 Å². The number of para-hydroxylation sites is 1. The largest absolute Gasteiger partial charge is 0.321 e. The normalized spacial score (nSPS) is 10.3. The number of carbonyl (C=O) groups is 1. The van der Waals surface area contributed by atoms with Crippen LogP contribution in [-0.4, -0.2) is 10.9 Å². The molecular weight excluding hydrogens is 331 g/mol. The smallest absolute Gasteiger partial charge is 0.274 e. The molecule has 0 spiro atoms. The third-order valence-corrected chi connectivity index (χ3v) is 3.61. The second kappa shape index (κ2) is 6.82. The summed E-state index contributed by atoms with van der Waals surface area (Å²) in [6.45, 7) is 0. The van der Waals surface area contributed by atoms with Gasteiger partial charge in [-0.1, -0.05) is 47.5 Å². The summed E-state index contributed by atoms with van der Waals surface area (Å²) in [5, 5.41) is 3.85. The zero-order chi connectivity index (χ0) is 16.2. The summed E-state index contributed by atoms with van der Waals surface area (Å²) < 4.78 is 0. The Morgan fingerprint density at radius 3 is 2.26 bits per heavy atom. The van der Waals surface area contributed by atoms with Gasteiger partial charge in [-0.15, -0.1) is 0 Å². The SMILES string of the molecule is O=C(Nc1ccccc1)c1cccc(-c2cc(Cl)cc(Cl)c2)n1. The Kier molecular flexibility index (Phi) is 4.60. The monoisotopic (exact) mass is 342 g/mol. The number of halogens is 2. The van der Waals surface area contributed by atoms with Crippen molar-refractivity contribution >= 4 is 34.8 Å². The molecule has 0 aliphatic rings. The van der Waals surface area contributed by atoms with Crippen molar-refractivity contribution in [1.29, 1.82) is 0 Å². The summed E-state index contributed by atoms with van der Waals surface area (Å²) in [7, 11) is 0. The van der Waals surface area contributed by atoms with Crippen LogP contribution >= 0.6 is 23.2 Å². The first-order valence-corrected chi connectivity index (χ1v) is 7.67. The maximum absolute atomic E-state index is 12.3.